The average Bonchev–Trinajstić information content (AvgIpc) is 3.70. The van der Waals surface area contributed by atoms with E-state index in [9.17, 15) is 19.2 Å². The van der Waals surface area contributed by atoms with Gasteiger partial charge in [-0.3, -0.25) is 19.2 Å². The molecule has 1 heterocycles. The molecule has 1 saturated carbocycles. The Morgan fingerprint density at radius 1 is 0.914 bits per heavy atom. The first-order valence-corrected chi connectivity index (χ1v) is 11.5. The third-order valence-electron chi connectivity index (χ3n) is 5.60. The molecule has 180 valence electrons. The van der Waals surface area contributed by atoms with Crippen LogP contribution >= 0.6 is 0 Å². The molecule has 1 aliphatic rings. The molecule has 9 heteroatoms. The minimum absolute atomic E-state index is 0.0114. The topological polar surface area (TPSA) is 122 Å². The second-order valence-electron chi connectivity index (χ2n) is 8.53. The fourth-order valence-electron chi connectivity index (χ4n) is 3.41. The molecule has 35 heavy (non-hydrogen) atoms. The zero-order valence-corrected chi connectivity index (χ0v) is 19.4. The summed E-state index contributed by atoms with van der Waals surface area (Å²) < 4.78 is 1.12. The Labute approximate surface area is 202 Å². The van der Waals surface area contributed by atoms with E-state index >= 15 is 0 Å². The van der Waals surface area contributed by atoms with E-state index in [1.165, 1.54) is 6.07 Å². The molecule has 0 unspecified atom stereocenters. The molecule has 1 aromatic heterocycles. The van der Waals surface area contributed by atoms with Crippen LogP contribution in [0.2, 0.25) is 0 Å². The molecule has 3 amide bonds. The number of carbonyl (C=O) groups is 3. The molecule has 0 aliphatic heterocycles. The average molecular weight is 474 g/mol. The maximum Gasteiger partial charge on any atom is 0.267 e. The van der Waals surface area contributed by atoms with Gasteiger partial charge >= 0.3 is 0 Å². The summed E-state index contributed by atoms with van der Waals surface area (Å²) >= 11 is 0. The van der Waals surface area contributed by atoms with Crippen molar-refractivity contribution in [1.82, 2.24) is 20.4 Å². The highest BCUT2D eigenvalue weighted by Gasteiger charge is 2.29. The first-order chi connectivity index (χ1) is 16.9. The number of nitrogens with zero attached hydrogens (tertiary/aromatic N) is 2. The normalized spacial score (nSPS) is 12.6. The van der Waals surface area contributed by atoms with Crippen LogP contribution in [0.25, 0.3) is 11.3 Å². The molecule has 0 radical (unpaired) electrons. The molecule has 4 rings (SSSR count). The second-order valence-corrected chi connectivity index (χ2v) is 8.53. The summed E-state index contributed by atoms with van der Waals surface area (Å²) in [7, 11) is 0. The number of nitrogens with one attached hydrogen (secondary N) is 3. The SMILES string of the molecule is Cc1ccc(-c2ccc(=O)n(CC(=O)NCCNC(=O)c3ccc(NC(=O)C4CC4)cc3)n2)cc1. The van der Waals surface area contributed by atoms with Crippen LogP contribution < -0.4 is 21.5 Å². The Morgan fingerprint density at radius 3 is 2.29 bits per heavy atom. The van der Waals surface area contributed by atoms with Gasteiger partial charge in [-0.05, 0) is 50.1 Å². The quantitative estimate of drug-likeness (QED) is 0.411. The van der Waals surface area contributed by atoms with Gasteiger partial charge in [-0.1, -0.05) is 29.8 Å². The fraction of sp³-hybridized carbons (Fsp3) is 0.269. The zero-order chi connectivity index (χ0) is 24.8. The van der Waals surface area contributed by atoms with Gasteiger partial charge in [0, 0.05) is 41.9 Å². The minimum atomic E-state index is -0.384. The highest BCUT2D eigenvalue weighted by atomic mass is 16.2. The van der Waals surface area contributed by atoms with Crippen molar-refractivity contribution in [3.05, 3.63) is 82.1 Å². The van der Waals surface area contributed by atoms with Crippen LogP contribution in [0.4, 0.5) is 5.69 Å². The first-order valence-electron chi connectivity index (χ1n) is 11.5. The third-order valence-corrected chi connectivity index (χ3v) is 5.60. The van der Waals surface area contributed by atoms with Crippen molar-refractivity contribution in [2.75, 3.05) is 18.4 Å². The molecule has 0 saturated heterocycles. The molecule has 0 bridgehead atoms. The Balaban J connectivity index is 1.22. The molecular weight excluding hydrogens is 446 g/mol. The lowest BCUT2D eigenvalue weighted by Crippen LogP contribution is -2.38. The molecule has 1 aliphatic carbocycles. The predicted octanol–water partition coefficient (Wildman–Crippen LogP) is 2.11. The number of aryl methyl sites for hydroxylation is 1. The van der Waals surface area contributed by atoms with E-state index in [0.29, 0.717) is 16.9 Å². The molecule has 3 aromatic rings. The number of aromatic nitrogens is 2. The van der Waals surface area contributed by atoms with E-state index in [1.807, 2.05) is 31.2 Å². The summed E-state index contributed by atoms with van der Waals surface area (Å²) in [6, 6.07) is 17.4. The maximum absolute atomic E-state index is 12.3. The summed E-state index contributed by atoms with van der Waals surface area (Å²) in [5.41, 5.74) is 3.29. The highest BCUT2D eigenvalue weighted by molar-refractivity contribution is 5.96. The van der Waals surface area contributed by atoms with Gasteiger partial charge in [0.15, 0.2) is 0 Å². The van der Waals surface area contributed by atoms with Gasteiger partial charge < -0.3 is 16.0 Å². The number of carbonyl (C=O) groups excluding carboxylic acids is 3. The highest BCUT2D eigenvalue weighted by Crippen LogP contribution is 2.30. The van der Waals surface area contributed by atoms with Crippen molar-refractivity contribution in [2.24, 2.45) is 5.92 Å². The summed E-state index contributed by atoms with van der Waals surface area (Å²) in [6.45, 7) is 2.18. The monoisotopic (exact) mass is 473 g/mol. The van der Waals surface area contributed by atoms with E-state index in [-0.39, 0.29) is 48.8 Å². The van der Waals surface area contributed by atoms with Crippen molar-refractivity contribution in [3.8, 4) is 11.3 Å². The standard InChI is InChI=1S/C26H27N5O4/c1-17-2-4-18(5-3-17)22-12-13-24(33)31(30-22)16-23(32)27-14-15-28-25(34)19-8-10-21(11-9-19)29-26(35)20-6-7-20/h2-5,8-13,20H,6-7,14-16H2,1H3,(H,27,32)(H,28,34)(H,29,35). The van der Waals surface area contributed by atoms with E-state index in [1.54, 1.807) is 30.3 Å². The smallest absolute Gasteiger partial charge is 0.267 e. The van der Waals surface area contributed by atoms with Crippen molar-refractivity contribution in [1.29, 1.82) is 0 Å². The summed E-state index contributed by atoms with van der Waals surface area (Å²) in [4.78, 5) is 48.5. The van der Waals surface area contributed by atoms with Crippen LogP contribution in [0.5, 0.6) is 0 Å². The fourth-order valence-corrected chi connectivity index (χ4v) is 3.41. The van der Waals surface area contributed by atoms with Crippen molar-refractivity contribution >= 4 is 23.4 Å². The summed E-state index contributed by atoms with van der Waals surface area (Å²) in [5.74, 6) is -0.550. The van der Waals surface area contributed by atoms with Gasteiger partial charge in [0.1, 0.15) is 6.54 Å². The van der Waals surface area contributed by atoms with Crippen molar-refractivity contribution < 1.29 is 14.4 Å². The van der Waals surface area contributed by atoms with Gasteiger partial charge in [0.05, 0.1) is 5.69 Å². The van der Waals surface area contributed by atoms with E-state index in [4.69, 9.17) is 0 Å². The predicted molar refractivity (Wildman–Crippen MR) is 132 cm³/mol. The Kier molecular flexibility index (Phi) is 7.35. The Bertz CT molecular complexity index is 1280. The van der Waals surface area contributed by atoms with Gasteiger partial charge in [-0.15, -0.1) is 0 Å². The Hall–Kier alpha value is -4.27. The lowest BCUT2D eigenvalue weighted by atomic mass is 10.1. The molecular formula is C26H27N5O4. The van der Waals surface area contributed by atoms with Gasteiger partial charge in [0.25, 0.3) is 11.5 Å². The minimum Gasteiger partial charge on any atom is -0.353 e. The van der Waals surface area contributed by atoms with E-state index in [0.717, 1.165) is 28.7 Å². The second kappa shape index (κ2) is 10.8. The summed E-state index contributed by atoms with van der Waals surface area (Å²) in [6.07, 6.45) is 1.85. The number of rotatable bonds is 9. The van der Waals surface area contributed by atoms with E-state index < -0.39 is 0 Å². The largest absolute Gasteiger partial charge is 0.353 e. The number of hydrogen-bond acceptors (Lipinski definition) is 5. The zero-order valence-electron chi connectivity index (χ0n) is 19.4. The number of anilines is 1. The van der Waals surface area contributed by atoms with Gasteiger partial charge in [-0.2, -0.15) is 5.10 Å². The van der Waals surface area contributed by atoms with Crippen LogP contribution in [0.1, 0.15) is 28.8 Å². The van der Waals surface area contributed by atoms with Gasteiger partial charge in [-0.25, -0.2) is 4.68 Å². The van der Waals surface area contributed by atoms with Crippen molar-refractivity contribution in [3.63, 3.8) is 0 Å². The number of hydrogen-bond donors (Lipinski definition) is 3. The third kappa shape index (κ3) is 6.63. The summed E-state index contributed by atoms with van der Waals surface area (Å²) in [5, 5.41) is 12.5. The van der Waals surface area contributed by atoms with Crippen LogP contribution in [0.3, 0.4) is 0 Å². The number of benzene rings is 2. The molecule has 0 atom stereocenters. The van der Waals surface area contributed by atoms with E-state index in [2.05, 4.69) is 21.0 Å². The van der Waals surface area contributed by atoms with Crippen LogP contribution in [0, 0.1) is 12.8 Å². The van der Waals surface area contributed by atoms with Crippen LogP contribution in [-0.2, 0) is 16.1 Å². The Morgan fingerprint density at radius 2 is 1.60 bits per heavy atom. The van der Waals surface area contributed by atoms with Gasteiger partial charge in [0.2, 0.25) is 11.8 Å². The van der Waals surface area contributed by atoms with Crippen LogP contribution in [-0.4, -0.2) is 40.6 Å². The first kappa shape index (κ1) is 23.9. The molecule has 1 fully saturated rings. The maximum atomic E-state index is 12.3. The lowest BCUT2D eigenvalue weighted by molar-refractivity contribution is -0.122. The molecule has 0 spiro atoms. The molecule has 9 nitrogen and oxygen atoms in total. The number of amides is 3. The molecule has 3 N–H and O–H groups in total. The van der Waals surface area contributed by atoms with Crippen molar-refractivity contribution in [2.45, 2.75) is 26.3 Å². The lowest BCUT2D eigenvalue weighted by Gasteiger charge is -2.10. The molecule has 2 aromatic carbocycles. The van der Waals surface area contributed by atoms with Crippen LogP contribution in [0.15, 0.2) is 65.5 Å².